The zero-order valence-electron chi connectivity index (χ0n) is 20.1. The number of nitro groups is 1. The lowest BCUT2D eigenvalue weighted by Crippen LogP contribution is -2.31. The minimum atomic E-state index is -0.777. The molecule has 1 fully saturated rings. The number of nitrogen functional groups attached to an aromatic ring is 1. The zero-order chi connectivity index (χ0) is 27.4. The molecule has 38 heavy (non-hydrogen) atoms. The fourth-order valence-electron chi connectivity index (χ4n) is 3.77. The maximum absolute atomic E-state index is 12.9. The summed E-state index contributed by atoms with van der Waals surface area (Å²) in [5.74, 6) is -2.12. The van der Waals surface area contributed by atoms with E-state index in [0.29, 0.717) is 22.6 Å². The molecule has 1 heterocycles. The molecule has 11 nitrogen and oxygen atoms in total. The number of non-ortho nitro benzene ring substituents is 1. The van der Waals surface area contributed by atoms with Gasteiger partial charge in [0.1, 0.15) is 0 Å². The smallest absolute Gasteiger partial charge is 0.338 e. The maximum Gasteiger partial charge on any atom is 0.338 e. The number of nitro benzene ring substituents is 1. The summed E-state index contributed by atoms with van der Waals surface area (Å²) in [6, 6.07) is 16.7. The van der Waals surface area contributed by atoms with E-state index in [2.05, 4.69) is 5.32 Å². The fourth-order valence-corrected chi connectivity index (χ4v) is 4.89. The van der Waals surface area contributed by atoms with Crippen LogP contribution in [0.15, 0.2) is 71.6 Å². The summed E-state index contributed by atoms with van der Waals surface area (Å²) >= 11 is 1.26. The lowest BCUT2D eigenvalue weighted by atomic mass is 10.2. The first-order valence-corrected chi connectivity index (χ1v) is 12.2. The minimum absolute atomic E-state index is 0.0332. The number of nitrogens with zero attached hydrogens (tertiary/aromatic N) is 2. The SMILES string of the molecule is Cc1cc([N+](=O)[O-])ccc1NC(=O)COC(=O)c1ccc(N2C(=O)CC(Sc3cccc(N)c3)C2=O)cc1. The van der Waals surface area contributed by atoms with Crippen LogP contribution in [-0.4, -0.2) is 40.5 Å². The van der Waals surface area contributed by atoms with Gasteiger partial charge in [-0.1, -0.05) is 6.07 Å². The van der Waals surface area contributed by atoms with Crippen molar-refractivity contribution in [1.29, 1.82) is 0 Å². The molecule has 3 amide bonds. The van der Waals surface area contributed by atoms with Crippen molar-refractivity contribution in [3.63, 3.8) is 0 Å². The van der Waals surface area contributed by atoms with Crippen molar-refractivity contribution in [2.24, 2.45) is 0 Å². The molecule has 1 aliphatic rings. The van der Waals surface area contributed by atoms with E-state index in [1.807, 2.05) is 6.07 Å². The summed E-state index contributed by atoms with van der Waals surface area (Å²) < 4.78 is 5.04. The third-order valence-corrected chi connectivity index (χ3v) is 6.81. The topological polar surface area (TPSA) is 162 Å². The average Bonchev–Trinajstić information content (AvgIpc) is 3.16. The summed E-state index contributed by atoms with van der Waals surface area (Å²) in [7, 11) is 0. The Morgan fingerprint density at radius 1 is 1.13 bits per heavy atom. The molecule has 1 atom stereocenters. The number of thioether (sulfide) groups is 1. The number of hydrogen-bond acceptors (Lipinski definition) is 9. The third kappa shape index (κ3) is 5.98. The Morgan fingerprint density at radius 2 is 1.87 bits per heavy atom. The first-order chi connectivity index (χ1) is 18.1. The van der Waals surface area contributed by atoms with E-state index >= 15 is 0 Å². The van der Waals surface area contributed by atoms with Crippen molar-refractivity contribution < 1.29 is 28.8 Å². The lowest BCUT2D eigenvalue weighted by Gasteiger charge is -2.15. The number of ether oxygens (including phenoxy) is 1. The zero-order valence-corrected chi connectivity index (χ0v) is 20.9. The fraction of sp³-hybridized carbons (Fsp3) is 0.154. The third-order valence-electron chi connectivity index (χ3n) is 5.63. The van der Waals surface area contributed by atoms with Gasteiger partial charge in [-0.05, 0) is 61.0 Å². The largest absolute Gasteiger partial charge is 0.452 e. The van der Waals surface area contributed by atoms with E-state index in [9.17, 15) is 29.3 Å². The van der Waals surface area contributed by atoms with Gasteiger partial charge in [-0.2, -0.15) is 0 Å². The summed E-state index contributed by atoms with van der Waals surface area (Å²) in [4.78, 5) is 62.2. The Morgan fingerprint density at radius 3 is 2.53 bits per heavy atom. The normalized spacial score (nSPS) is 14.9. The van der Waals surface area contributed by atoms with Crippen molar-refractivity contribution in [3.05, 3.63) is 88.0 Å². The van der Waals surface area contributed by atoms with Gasteiger partial charge in [0.15, 0.2) is 6.61 Å². The Labute approximate surface area is 221 Å². The summed E-state index contributed by atoms with van der Waals surface area (Å²) in [5.41, 5.74) is 7.52. The molecule has 194 valence electrons. The summed E-state index contributed by atoms with van der Waals surface area (Å²) in [5, 5.41) is 12.8. The van der Waals surface area contributed by atoms with Crippen molar-refractivity contribution in [1.82, 2.24) is 0 Å². The van der Waals surface area contributed by atoms with E-state index in [0.717, 1.165) is 9.80 Å². The second-order valence-corrected chi connectivity index (χ2v) is 9.65. The molecule has 0 spiro atoms. The van der Waals surface area contributed by atoms with Gasteiger partial charge >= 0.3 is 5.97 Å². The number of carbonyl (C=O) groups excluding carboxylic acids is 4. The number of esters is 1. The summed E-state index contributed by atoms with van der Waals surface area (Å²) in [6.45, 7) is 1.02. The first kappa shape index (κ1) is 26.4. The van der Waals surface area contributed by atoms with Crippen molar-refractivity contribution in [3.8, 4) is 0 Å². The van der Waals surface area contributed by atoms with Crippen LogP contribution in [-0.2, 0) is 19.1 Å². The average molecular weight is 535 g/mol. The monoisotopic (exact) mass is 534 g/mol. The molecule has 0 aliphatic carbocycles. The van der Waals surface area contributed by atoms with Crippen LogP contribution in [0, 0.1) is 17.0 Å². The standard InChI is InChI=1S/C26H22N4O7S/c1-15-11-19(30(35)36)9-10-21(15)28-23(31)14-37-26(34)16-5-7-18(8-6-16)29-24(32)13-22(25(29)33)38-20-4-2-3-17(27)12-20/h2-12,22H,13-14,27H2,1H3,(H,28,31). The Hall–Kier alpha value is -4.71. The van der Waals surface area contributed by atoms with E-state index in [4.69, 9.17) is 10.5 Å². The van der Waals surface area contributed by atoms with Crippen LogP contribution in [0.5, 0.6) is 0 Å². The van der Waals surface area contributed by atoms with Crippen LogP contribution in [0.1, 0.15) is 22.3 Å². The lowest BCUT2D eigenvalue weighted by molar-refractivity contribution is -0.384. The number of amides is 3. The van der Waals surface area contributed by atoms with Gasteiger partial charge in [0.25, 0.3) is 11.6 Å². The van der Waals surface area contributed by atoms with Gasteiger partial charge in [-0.15, -0.1) is 11.8 Å². The molecule has 3 aromatic carbocycles. The molecule has 0 radical (unpaired) electrons. The Kier molecular flexibility index (Phi) is 7.72. The molecule has 1 aliphatic heterocycles. The number of nitrogens with two attached hydrogens (primary N) is 1. The number of carbonyl (C=O) groups is 4. The molecule has 12 heteroatoms. The van der Waals surface area contributed by atoms with Gasteiger partial charge in [-0.3, -0.25) is 24.5 Å². The van der Waals surface area contributed by atoms with Gasteiger partial charge in [0.2, 0.25) is 11.8 Å². The van der Waals surface area contributed by atoms with E-state index in [-0.39, 0.29) is 29.5 Å². The summed E-state index contributed by atoms with van der Waals surface area (Å²) in [6.07, 6.45) is 0.0332. The number of nitrogens with one attached hydrogen (secondary N) is 1. The molecule has 4 rings (SSSR count). The molecular weight excluding hydrogens is 512 g/mol. The highest BCUT2D eigenvalue weighted by atomic mass is 32.2. The molecule has 0 saturated carbocycles. The van der Waals surface area contributed by atoms with E-state index in [1.54, 1.807) is 25.1 Å². The second kappa shape index (κ2) is 11.1. The predicted molar refractivity (Wildman–Crippen MR) is 141 cm³/mol. The van der Waals surface area contributed by atoms with Crippen LogP contribution in [0.25, 0.3) is 0 Å². The van der Waals surface area contributed by atoms with E-state index < -0.39 is 28.7 Å². The number of anilines is 3. The molecular formula is C26H22N4O7S. The van der Waals surface area contributed by atoms with Gasteiger partial charge < -0.3 is 15.8 Å². The molecule has 3 aromatic rings. The number of imide groups is 1. The molecule has 0 bridgehead atoms. The van der Waals surface area contributed by atoms with Gasteiger partial charge in [-0.25, -0.2) is 9.69 Å². The van der Waals surface area contributed by atoms with Gasteiger partial charge in [0, 0.05) is 34.8 Å². The predicted octanol–water partition coefficient (Wildman–Crippen LogP) is 3.71. The number of aryl methyl sites for hydroxylation is 1. The molecule has 1 saturated heterocycles. The highest BCUT2D eigenvalue weighted by Gasteiger charge is 2.40. The van der Waals surface area contributed by atoms with Crippen LogP contribution >= 0.6 is 11.8 Å². The van der Waals surface area contributed by atoms with Crippen LogP contribution in [0.3, 0.4) is 0 Å². The van der Waals surface area contributed by atoms with E-state index in [1.165, 1.54) is 54.2 Å². The number of benzene rings is 3. The Balaban J connectivity index is 1.33. The number of rotatable bonds is 8. The van der Waals surface area contributed by atoms with Gasteiger partial charge in [0.05, 0.1) is 21.4 Å². The first-order valence-electron chi connectivity index (χ1n) is 11.3. The highest BCUT2D eigenvalue weighted by Crippen LogP contribution is 2.34. The maximum atomic E-state index is 12.9. The minimum Gasteiger partial charge on any atom is -0.452 e. The van der Waals surface area contributed by atoms with Crippen molar-refractivity contribution in [2.45, 2.75) is 23.5 Å². The van der Waals surface area contributed by atoms with Crippen LogP contribution in [0.4, 0.5) is 22.7 Å². The number of hydrogen-bond donors (Lipinski definition) is 2. The van der Waals surface area contributed by atoms with Crippen molar-refractivity contribution in [2.75, 3.05) is 22.6 Å². The molecule has 1 unspecified atom stereocenters. The molecule has 0 aromatic heterocycles. The van der Waals surface area contributed by atoms with Crippen molar-refractivity contribution >= 4 is 58.2 Å². The molecule has 3 N–H and O–H groups in total. The quantitative estimate of drug-likeness (QED) is 0.144. The van der Waals surface area contributed by atoms with Crippen LogP contribution < -0.4 is 16.0 Å². The van der Waals surface area contributed by atoms with Crippen LogP contribution in [0.2, 0.25) is 0 Å². The second-order valence-electron chi connectivity index (χ2n) is 8.38. The Bertz CT molecular complexity index is 1440. The highest BCUT2D eigenvalue weighted by molar-refractivity contribution is 8.00.